The Morgan fingerprint density at radius 1 is 1.15 bits per heavy atom. The van der Waals surface area contributed by atoms with Crippen LogP contribution in [-0.4, -0.2) is 17.3 Å². The topological polar surface area (TPSA) is 47.0 Å². The van der Waals surface area contributed by atoms with E-state index in [1.54, 1.807) is 7.11 Å². The molecule has 20 heavy (non-hydrogen) atoms. The maximum atomic E-state index is 5.94. The molecule has 0 amide bonds. The Kier molecular flexibility index (Phi) is 4.93. The molecule has 0 unspecified atom stereocenters. The second kappa shape index (κ2) is 6.68. The van der Waals surface area contributed by atoms with Crippen LogP contribution in [0.25, 0.3) is 0 Å². The van der Waals surface area contributed by atoms with Gasteiger partial charge in [-0.05, 0) is 36.1 Å². The van der Waals surface area contributed by atoms with E-state index in [1.807, 2.05) is 26.0 Å². The highest BCUT2D eigenvalue weighted by Gasteiger charge is 2.07. The summed E-state index contributed by atoms with van der Waals surface area (Å²) >= 11 is 5.94. The maximum Gasteiger partial charge on any atom is 0.155 e. The first-order chi connectivity index (χ1) is 9.61. The Morgan fingerprint density at radius 3 is 2.65 bits per heavy atom. The number of hydrogen-bond acceptors (Lipinski definition) is 4. The van der Waals surface area contributed by atoms with Gasteiger partial charge in [-0.25, -0.2) is 0 Å². The van der Waals surface area contributed by atoms with Gasteiger partial charge in [-0.15, -0.1) is 10.2 Å². The third-order valence-electron chi connectivity index (χ3n) is 3.23. The van der Waals surface area contributed by atoms with E-state index in [2.05, 4.69) is 27.6 Å². The molecule has 4 nitrogen and oxygen atoms in total. The Morgan fingerprint density at radius 2 is 1.90 bits per heavy atom. The first-order valence-corrected chi connectivity index (χ1v) is 6.79. The fourth-order valence-electron chi connectivity index (χ4n) is 1.93. The van der Waals surface area contributed by atoms with Crippen LogP contribution in [0, 0.1) is 13.8 Å². The molecule has 1 aromatic heterocycles. The van der Waals surface area contributed by atoms with Crippen LogP contribution in [0.1, 0.15) is 22.3 Å². The van der Waals surface area contributed by atoms with E-state index in [-0.39, 0.29) is 0 Å². The van der Waals surface area contributed by atoms with Crippen molar-refractivity contribution in [2.75, 3.05) is 12.4 Å². The Bertz CT molecular complexity index is 602. The highest BCUT2D eigenvalue weighted by molar-refractivity contribution is 6.30. The molecule has 0 aliphatic heterocycles. The molecule has 0 bridgehead atoms. The number of nitrogens with zero attached hydrogens (tertiary/aromatic N) is 2. The maximum absolute atomic E-state index is 5.94. The summed E-state index contributed by atoms with van der Waals surface area (Å²) in [6.07, 6.45) is 0. The minimum absolute atomic E-state index is 0.454. The molecular formula is C15H18ClN3O. The molecule has 0 fully saturated rings. The molecule has 1 aromatic carbocycles. The van der Waals surface area contributed by atoms with Crippen LogP contribution in [0.3, 0.4) is 0 Å². The van der Waals surface area contributed by atoms with Crippen molar-refractivity contribution in [1.82, 2.24) is 10.2 Å². The number of aromatic nitrogens is 2. The Balaban J connectivity index is 2.09. The lowest BCUT2D eigenvalue weighted by atomic mass is 10.1. The summed E-state index contributed by atoms with van der Waals surface area (Å²) in [4.78, 5) is 0. The van der Waals surface area contributed by atoms with Crippen molar-refractivity contribution in [3.8, 4) is 0 Å². The molecule has 5 heteroatoms. The largest absolute Gasteiger partial charge is 0.380 e. The SMILES string of the molecule is COCc1cccc(CNc2nnc(Cl)c(C)c2C)c1. The molecule has 1 heterocycles. The third kappa shape index (κ3) is 3.46. The van der Waals surface area contributed by atoms with Crippen molar-refractivity contribution in [1.29, 1.82) is 0 Å². The molecule has 2 rings (SSSR count). The van der Waals surface area contributed by atoms with Gasteiger partial charge in [0.05, 0.1) is 6.61 Å². The number of anilines is 1. The summed E-state index contributed by atoms with van der Waals surface area (Å²) in [5.74, 6) is 0.768. The highest BCUT2D eigenvalue weighted by atomic mass is 35.5. The van der Waals surface area contributed by atoms with Gasteiger partial charge in [0.25, 0.3) is 0 Å². The number of rotatable bonds is 5. The molecule has 0 aliphatic carbocycles. The highest BCUT2D eigenvalue weighted by Crippen LogP contribution is 2.21. The zero-order valence-electron chi connectivity index (χ0n) is 11.9. The number of methoxy groups -OCH3 is 1. The second-order valence-electron chi connectivity index (χ2n) is 4.70. The molecule has 1 N–H and O–H groups in total. The second-order valence-corrected chi connectivity index (χ2v) is 5.05. The van der Waals surface area contributed by atoms with Gasteiger partial charge in [0, 0.05) is 13.7 Å². The standard InChI is InChI=1S/C15H18ClN3O/c1-10-11(2)15(19-18-14(10)16)17-8-12-5-4-6-13(7-12)9-20-3/h4-7H,8-9H2,1-3H3,(H,17,19). The number of ether oxygens (including phenoxy) is 1. The number of benzene rings is 1. The van der Waals surface area contributed by atoms with Crippen molar-refractivity contribution in [3.63, 3.8) is 0 Å². The lowest BCUT2D eigenvalue weighted by molar-refractivity contribution is 0.185. The average molecular weight is 292 g/mol. The van der Waals surface area contributed by atoms with E-state index < -0.39 is 0 Å². The number of hydrogen-bond donors (Lipinski definition) is 1. The van der Waals surface area contributed by atoms with E-state index in [4.69, 9.17) is 16.3 Å². The van der Waals surface area contributed by atoms with Gasteiger partial charge in [-0.1, -0.05) is 35.9 Å². The van der Waals surface area contributed by atoms with Crippen LogP contribution in [-0.2, 0) is 17.9 Å². The van der Waals surface area contributed by atoms with Crippen molar-refractivity contribution in [3.05, 3.63) is 51.7 Å². The first kappa shape index (κ1) is 14.8. The molecule has 2 aromatic rings. The third-order valence-corrected chi connectivity index (χ3v) is 3.59. The van der Waals surface area contributed by atoms with Crippen LogP contribution in [0.5, 0.6) is 0 Å². The van der Waals surface area contributed by atoms with Gasteiger partial charge in [0.1, 0.15) is 0 Å². The van der Waals surface area contributed by atoms with Crippen LogP contribution in [0.2, 0.25) is 5.15 Å². The normalized spacial score (nSPS) is 10.6. The molecule has 0 saturated heterocycles. The van der Waals surface area contributed by atoms with Crippen molar-refractivity contribution >= 4 is 17.4 Å². The summed E-state index contributed by atoms with van der Waals surface area (Å²) in [6, 6.07) is 8.25. The van der Waals surface area contributed by atoms with E-state index in [1.165, 1.54) is 5.56 Å². The zero-order valence-corrected chi connectivity index (χ0v) is 12.7. The summed E-state index contributed by atoms with van der Waals surface area (Å²) in [5.41, 5.74) is 4.31. The van der Waals surface area contributed by atoms with Crippen LogP contribution in [0.4, 0.5) is 5.82 Å². The van der Waals surface area contributed by atoms with Crippen molar-refractivity contribution < 1.29 is 4.74 Å². The van der Waals surface area contributed by atoms with Gasteiger partial charge in [0.2, 0.25) is 0 Å². The molecule has 0 atom stereocenters. The minimum atomic E-state index is 0.454. The van der Waals surface area contributed by atoms with E-state index in [0.717, 1.165) is 22.5 Å². The van der Waals surface area contributed by atoms with Gasteiger partial charge in [-0.3, -0.25) is 0 Å². The smallest absolute Gasteiger partial charge is 0.155 e. The zero-order chi connectivity index (χ0) is 14.5. The van der Waals surface area contributed by atoms with Gasteiger partial charge in [0.15, 0.2) is 11.0 Å². The fraction of sp³-hybridized carbons (Fsp3) is 0.333. The quantitative estimate of drug-likeness (QED) is 0.916. The van der Waals surface area contributed by atoms with Crippen molar-refractivity contribution in [2.24, 2.45) is 0 Å². The summed E-state index contributed by atoms with van der Waals surface area (Å²) in [6.45, 7) is 5.23. The van der Waals surface area contributed by atoms with Gasteiger partial charge in [-0.2, -0.15) is 0 Å². The molecule has 106 valence electrons. The summed E-state index contributed by atoms with van der Waals surface area (Å²) < 4.78 is 5.14. The van der Waals surface area contributed by atoms with E-state index >= 15 is 0 Å². The molecular weight excluding hydrogens is 274 g/mol. The van der Waals surface area contributed by atoms with Gasteiger partial charge < -0.3 is 10.1 Å². The van der Waals surface area contributed by atoms with Crippen LogP contribution >= 0.6 is 11.6 Å². The van der Waals surface area contributed by atoms with Crippen LogP contribution in [0.15, 0.2) is 24.3 Å². The van der Waals surface area contributed by atoms with Crippen molar-refractivity contribution in [2.45, 2.75) is 27.0 Å². The molecule has 0 spiro atoms. The monoisotopic (exact) mass is 291 g/mol. The summed E-state index contributed by atoms with van der Waals surface area (Å²) in [5, 5.41) is 11.8. The average Bonchev–Trinajstić information content (AvgIpc) is 2.45. The Labute approximate surface area is 124 Å². The number of halogens is 1. The molecule has 0 radical (unpaired) electrons. The predicted octanol–water partition coefficient (Wildman–Crippen LogP) is 3.51. The molecule has 0 aliphatic rings. The summed E-state index contributed by atoms with van der Waals surface area (Å²) in [7, 11) is 1.69. The predicted molar refractivity (Wildman–Crippen MR) is 81.0 cm³/mol. The first-order valence-electron chi connectivity index (χ1n) is 6.42. The lowest BCUT2D eigenvalue weighted by Crippen LogP contribution is -2.06. The minimum Gasteiger partial charge on any atom is -0.380 e. The fourth-order valence-corrected chi connectivity index (χ4v) is 2.11. The lowest BCUT2D eigenvalue weighted by Gasteiger charge is -2.11. The Hall–Kier alpha value is -1.65. The van der Waals surface area contributed by atoms with E-state index in [0.29, 0.717) is 18.3 Å². The van der Waals surface area contributed by atoms with Crippen LogP contribution < -0.4 is 5.32 Å². The van der Waals surface area contributed by atoms with E-state index in [9.17, 15) is 0 Å². The number of nitrogens with one attached hydrogen (secondary N) is 1. The van der Waals surface area contributed by atoms with Gasteiger partial charge >= 0.3 is 0 Å². The molecule has 0 saturated carbocycles.